The third kappa shape index (κ3) is 7.60. The Hall–Kier alpha value is 0.210. The van der Waals surface area contributed by atoms with E-state index in [2.05, 4.69) is 13.8 Å². The maximum atomic E-state index is 6.32. The lowest BCUT2D eigenvalue weighted by atomic mass is 9.85. The molecule has 88 valence electrons. The van der Waals surface area contributed by atoms with Gasteiger partial charge in [-0.05, 0) is 32.2 Å². The van der Waals surface area contributed by atoms with E-state index >= 15 is 0 Å². The second-order valence-corrected chi connectivity index (χ2v) is 4.11. The van der Waals surface area contributed by atoms with Gasteiger partial charge in [0.15, 0.2) is 0 Å². The lowest BCUT2D eigenvalue weighted by molar-refractivity contribution is 0.323. The number of rotatable bonds is 8. The van der Waals surface area contributed by atoms with Crippen LogP contribution in [0, 0.1) is 0 Å². The van der Waals surface area contributed by atoms with Gasteiger partial charge in [-0.1, -0.05) is 33.1 Å². The highest BCUT2D eigenvalue weighted by Gasteiger charge is 2.21. The molecule has 14 heavy (non-hydrogen) atoms. The summed E-state index contributed by atoms with van der Waals surface area (Å²) in [4.78, 5) is 0. The van der Waals surface area contributed by atoms with E-state index in [1.54, 1.807) is 0 Å². The van der Waals surface area contributed by atoms with E-state index in [4.69, 9.17) is 11.5 Å². The quantitative estimate of drug-likeness (QED) is 0.621. The Morgan fingerprint density at radius 2 is 1.43 bits per heavy atom. The summed E-state index contributed by atoms with van der Waals surface area (Å²) < 4.78 is 0. The predicted molar refractivity (Wildman–Crippen MR) is 66.9 cm³/mol. The summed E-state index contributed by atoms with van der Waals surface area (Å²) in [5, 5.41) is 0. The van der Waals surface area contributed by atoms with Crippen LogP contribution in [-0.2, 0) is 0 Å². The Balaban J connectivity index is 0. The zero-order valence-corrected chi connectivity index (χ0v) is 10.5. The van der Waals surface area contributed by atoms with Crippen molar-refractivity contribution in [1.29, 1.82) is 0 Å². The molecule has 0 aliphatic rings. The number of hydrogen-bond donors (Lipinski definition) is 2. The highest BCUT2D eigenvalue weighted by Crippen LogP contribution is 2.22. The Bertz CT molecular complexity index is 112. The van der Waals surface area contributed by atoms with Crippen LogP contribution < -0.4 is 11.5 Å². The molecule has 0 amide bonds. The first-order chi connectivity index (χ1) is 6.18. The van der Waals surface area contributed by atoms with Crippen molar-refractivity contribution in [3.8, 4) is 0 Å². The van der Waals surface area contributed by atoms with Crippen LogP contribution in [0.4, 0.5) is 0 Å². The van der Waals surface area contributed by atoms with Crippen molar-refractivity contribution in [2.45, 2.75) is 64.3 Å². The first-order valence-electron chi connectivity index (χ1n) is 5.67. The lowest BCUT2D eigenvalue weighted by Crippen LogP contribution is -2.39. The first-order valence-corrected chi connectivity index (χ1v) is 5.67. The zero-order valence-electron chi connectivity index (χ0n) is 9.72. The second kappa shape index (κ2) is 9.75. The molecular weight excluding hydrogens is 196 g/mol. The fraction of sp³-hybridized carbons (Fsp3) is 1.00. The van der Waals surface area contributed by atoms with Crippen molar-refractivity contribution in [3.05, 3.63) is 0 Å². The molecule has 0 fully saturated rings. The molecule has 0 saturated carbocycles. The van der Waals surface area contributed by atoms with Gasteiger partial charge in [0.05, 0.1) is 0 Å². The molecule has 4 N–H and O–H groups in total. The van der Waals surface area contributed by atoms with Crippen LogP contribution in [0.25, 0.3) is 0 Å². The molecule has 2 nitrogen and oxygen atoms in total. The van der Waals surface area contributed by atoms with Crippen LogP contribution in [0.3, 0.4) is 0 Å². The molecule has 0 rings (SSSR count). The highest BCUT2D eigenvalue weighted by molar-refractivity contribution is 5.85. The minimum absolute atomic E-state index is 0. The largest absolute Gasteiger partial charge is 0.330 e. The van der Waals surface area contributed by atoms with E-state index in [-0.39, 0.29) is 17.9 Å². The van der Waals surface area contributed by atoms with E-state index < -0.39 is 0 Å². The lowest BCUT2D eigenvalue weighted by Gasteiger charge is -2.29. The third-order valence-electron chi connectivity index (χ3n) is 2.62. The van der Waals surface area contributed by atoms with Crippen LogP contribution in [-0.4, -0.2) is 12.1 Å². The van der Waals surface area contributed by atoms with Crippen molar-refractivity contribution in [1.82, 2.24) is 0 Å². The highest BCUT2D eigenvalue weighted by atomic mass is 35.5. The minimum Gasteiger partial charge on any atom is -0.330 e. The van der Waals surface area contributed by atoms with Gasteiger partial charge in [-0.15, -0.1) is 12.4 Å². The molecule has 0 atom stereocenters. The van der Waals surface area contributed by atoms with Gasteiger partial charge in [0, 0.05) is 5.54 Å². The summed E-state index contributed by atoms with van der Waals surface area (Å²) in [5.74, 6) is 0. The third-order valence-corrected chi connectivity index (χ3v) is 2.62. The molecule has 0 unspecified atom stereocenters. The first kappa shape index (κ1) is 16.6. The molecule has 0 aliphatic heterocycles. The van der Waals surface area contributed by atoms with Crippen molar-refractivity contribution >= 4 is 12.4 Å². The van der Waals surface area contributed by atoms with Crippen LogP contribution in [0.1, 0.15) is 58.8 Å². The number of nitrogens with two attached hydrogens (primary N) is 2. The van der Waals surface area contributed by atoms with Gasteiger partial charge in [-0.3, -0.25) is 0 Å². The van der Waals surface area contributed by atoms with Gasteiger partial charge >= 0.3 is 0 Å². The summed E-state index contributed by atoms with van der Waals surface area (Å²) in [5.41, 5.74) is 11.9. The molecule has 0 aromatic carbocycles. The molecule has 0 radical (unpaired) electrons. The monoisotopic (exact) mass is 222 g/mol. The van der Waals surface area contributed by atoms with E-state index in [0.717, 1.165) is 32.2 Å². The summed E-state index contributed by atoms with van der Waals surface area (Å²) in [7, 11) is 0. The summed E-state index contributed by atoms with van der Waals surface area (Å²) in [6.45, 7) is 5.22. The second-order valence-electron chi connectivity index (χ2n) is 4.11. The molecule has 0 aliphatic carbocycles. The van der Waals surface area contributed by atoms with E-state index in [1.807, 2.05) is 0 Å². The molecule has 3 heteroatoms. The Kier molecular flexibility index (Phi) is 11.6. The average Bonchev–Trinajstić information content (AvgIpc) is 2.05. The molecule has 0 aromatic rings. The maximum Gasteiger partial charge on any atom is 0.0154 e. The van der Waals surface area contributed by atoms with Gasteiger partial charge in [-0.25, -0.2) is 0 Å². The standard InChI is InChI=1S/C11H26N2.ClH/c1-3-7-11(13,8-4-2)9-5-6-10-12;/h3-10,12-13H2,1-2H3;1H. The van der Waals surface area contributed by atoms with Crippen LogP contribution >= 0.6 is 12.4 Å². The zero-order chi connectivity index (χ0) is 10.2. The summed E-state index contributed by atoms with van der Waals surface area (Å²) >= 11 is 0. The van der Waals surface area contributed by atoms with Crippen LogP contribution in [0.15, 0.2) is 0 Å². The fourth-order valence-electron chi connectivity index (χ4n) is 1.99. The molecule has 0 saturated heterocycles. The smallest absolute Gasteiger partial charge is 0.0154 e. The number of unbranched alkanes of at least 4 members (excludes halogenated alkanes) is 1. The van der Waals surface area contributed by atoms with Crippen molar-refractivity contribution < 1.29 is 0 Å². The van der Waals surface area contributed by atoms with Crippen LogP contribution in [0.2, 0.25) is 0 Å². The molecule has 0 heterocycles. The molecule has 0 bridgehead atoms. The molecule has 0 spiro atoms. The normalized spacial score (nSPS) is 11.1. The molecule has 0 aromatic heterocycles. The summed E-state index contributed by atoms with van der Waals surface area (Å²) in [6, 6.07) is 0. The summed E-state index contributed by atoms with van der Waals surface area (Å²) in [6.07, 6.45) is 8.15. The van der Waals surface area contributed by atoms with E-state index in [0.29, 0.717) is 0 Å². The number of halogens is 1. The topological polar surface area (TPSA) is 52.0 Å². The number of hydrogen-bond acceptors (Lipinski definition) is 2. The van der Waals surface area contributed by atoms with E-state index in [9.17, 15) is 0 Å². The Labute approximate surface area is 95.2 Å². The molecular formula is C11H27ClN2. The SMILES string of the molecule is CCCC(N)(CCC)CCCCN.Cl. The van der Waals surface area contributed by atoms with E-state index in [1.165, 1.54) is 19.3 Å². The Morgan fingerprint density at radius 3 is 1.79 bits per heavy atom. The minimum atomic E-state index is 0. The fourth-order valence-corrected chi connectivity index (χ4v) is 1.99. The predicted octanol–water partition coefficient (Wildman–Crippen LogP) is 2.83. The van der Waals surface area contributed by atoms with Gasteiger partial charge in [0.2, 0.25) is 0 Å². The van der Waals surface area contributed by atoms with Crippen molar-refractivity contribution in [3.63, 3.8) is 0 Å². The van der Waals surface area contributed by atoms with Gasteiger partial charge in [-0.2, -0.15) is 0 Å². The Morgan fingerprint density at radius 1 is 0.929 bits per heavy atom. The average molecular weight is 223 g/mol. The maximum absolute atomic E-state index is 6.32. The van der Waals surface area contributed by atoms with Crippen LogP contribution in [0.5, 0.6) is 0 Å². The van der Waals surface area contributed by atoms with Gasteiger partial charge < -0.3 is 11.5 Å². The van der Waals surface area contributed by atoms with Crippen molar-refractivity contribution in [2.75, 3.05) is 6.54 Å². The van der Waals surface area contributed by atoms with Crippen molar-refractivity contribution in [2.24, 2.45) is 11.5 Å². The van der Waals surface area contributed by atoms with Gasteiger partial charge in [0.25, 0.3) is 0 Å². The van der Waals surface area contributed by atoms with Gasteiger partial charge in [0.1, 0.15) is 0 Å².